The monoisotopic (exact) mass is 444 g/mol. The molecule has 2 heterocycles. The first-order valence-electron chi connectivity index (χ1n) is 10.8. The third kappa shape index (κ3) is 5.23. The number of benzene rings is 1. The number of nitrogens with zero attached hydrogens (tertiary/aromatic N) is 2. The molecule has 0 unspecified atom stereocenters. The molecule has 4 rings (SSSR count). The minimum absolute atomic E-state index is 0.0599. The molecule has 0 saturated heterocycles. The van der Waals surface area contributed by atoms with Crippen LogP contribution in [0.3, 0.4) is 0 Å². The van der Waals surface area contributed by atoms with E-state index in [1.54, 1.807) is 6.07 Å². The molecule has 5 nitrogen and oxygen atoms in total. The largest absolute Gasteiger partial charge is 0.301 e. The lowest BCUT2D eigenvalue weighted by Gasteiger charge is -2.22. The molecule has 0 spiro atoms. The van der Waals surface area contributed by atoms with E-state index in [0.717, 1.165) is 35.5 Å². The summed E-state index contributed by atoms with van der Waals surface area (Å²) in [6.45, 7) is 1.99. The highest BCUT2D eigenvalue weighted by molar-refractivity contribution is 7.98. The number of H-pyrrole nitrogens is 2. The summed E-state index contributed by atoms with van der Waals surface area (Å²) in [5.74, 6) is -0.673. The van der Waals surface area contributed by atoms with Gasteiger partial charge in [0.2, 0.25) is 0 Å². The molecule has 1 aliphatic carbocycles. The van der Waals surface area contributed by atoms with Crippen LogP contribution in [0, 0.1) is 17.6 Å². The van der Waals surface area contributed by atoms with Gasteiger partial charge in [-0.05, 0) is 43.0 Å². The molecule has 0 aliphatic heterocycles. The van der Waals surface area contributed by atoms with E-state index in [1.165, 1.54) is 49.9 Å². The van der Waals surface area contributed by atoms with Crippen molar-refractivity contribution in [3.05, 3.63) is 63.2 Å². The van der Waals surface area contributed by atoms with Crippen LogP contribution in [0.5, 0.6) is 0 Å². The van der Waals surface area contributed by atoms with Gasteiger partial charge in [-0.15, -0.1) is 0 Å². The standard InChI is InChI=1S/C23H26F2N4OS/c1-2-17-21(10-14-6-4-3-5-7-14)26-23(27-22(17)30)31-13-16-12-20(29-28-16)15-8-9-18(24)19(25)11-15/h8-9,11-12,14H,2-7,10,13H2,1H3,(H,28,29)(H,26,27,30). The summed E-state index contributed by atoms with van der Waals surface area (Å²) >= 11 is 1.41. The number of halogens is 2. The lowest BCUT2D eigenvalue weighted by Crippen LogP contribution is -2.21. The van der Waals surface area contributed by atoms with Crippen molar-refractivity contribution in [1.29, 1.82) is 0 Å². The number of aromatic nitrogens is 4. The second-order valence-electron chi connectivity index (χ2n) is 8.05. The van der Waals surface area contributed by atoms with Crippen molar-refractivity contribution in [3.63, 3.8) is 0 Å². The maximum Gasteiger partial charge on any atom is 0.254 e. The molecular formula is C23H26F2N4OS. The van der Waals surface area contributed by atoms with Gasteiger partial charge in [0.15, 0.2) is 16.8 Å². The summed E-state index contributed by atoms with van der Waals surface area (Å²) in [6.07, 6.45) is 7.78. The number of thioether (sulfide) groups is 1. The Labute approximate surface area is 184 Å². The van der Waals surface area contributed by atoms with Crippen molar-refractivity contribution in [3.8, 4) is 11.3 Å². The van der Waals surface area contributed by atoms with Crippen LogP contribution in [0.1, 0.15) is 56.0 Å². The number of nitrogens with one attached hydrogen (secondary N) is 2. The van der Waals surface area contributed by atoms with E-state index < -0.39 is 11.6 Å². The molecule has 3 aromatic rings. The molecule has 0 bridgehead atoms. The molecule has 2 N–H and O–H groups in total. The van der Waals surface area contributed by atoms with Crippen LogP contribution in [0.15, 0.2) is 34.2 Å². The predicted molar refractivity (Wildman–Crippen MR) is 118 cm³/mol. The normalized spacial score (nSPS) is 14.8. The zero-order chi connectivity index (χ0) is 21.8. The first kappa shape index (κ1) is 21.7. The van der Waals surface area contributed by atoms with E-state index >= 15 is 0 Å². The SMILES string of the molecule is CCc1c(CC2CCCCC2)nc(SCc2cc(-c3ccc(F)c(F)c3)[nH]n2)[nH]c1=O. The highest BCUT2D eigenvalue weighted by Crippen LogP contribution is 2.28. The second kappa shape index (κ2) is 9.77. The Bertz CT molecular complexity index is 1110. The van der Waals surface area contributed by atoms with Crippen LogP contribution in [0.2, 0.25) is 0 Å². The van der Waals surface area contributed by atoms with E-state index in [4.69, 9.17) is 4.98 Å². The molecule has 1 saturated carbocycles. The van der Waals surface area contributed by atoms with E-state index in [1.807, 2.05) is 6.92 Å². The van der Waals surface area contributed by atoms with Gasteiger partial charge in [0.25, 0.3) is 5.56 Å². The second-order valence-corrected chi connectivity index (χ2v) is 9.01. The molecule has 0 atom stereocenters. The van der Waals surface area contributed by atoms with E-state index in [9.17, 15) is 13.6 Å². The number of hydrogen-bond donors (Lipinski definition) is 2. The zero-order valence-electron chi connectivity index (χ0n) is 17.5. The molecule has 1 aliphatic rings. The van der Waals surface area contributed by atoms with Crippen LogP contribution in [0.4, 0.5) is 8.78 Å². The molecule has 0 radical (unpaired) electrons. The molecule has 31 heavy (non-hydrogen) atoms. The van der Waals surface area contributed by atoms with Gasteiger partial charge in [-0.1, -0.05) is 50.8 Å². The highest BCUT2D eigenvalue weighted by atomic mass is 32.2. The van der Waals surface area contributed by atoms with E-state index in [-0.39, 0.29) is 5.56 Å². The van der Waals surface area contributed by atoms with Crippen LogP contribution in [-0.4, -0.2) is 20.2 Å². The minimum Gasteiger partial charge on any atom is -0.301 e. The van der Waals surface area contributed by atoms with Crippen LogP contribution in [-0.2, 0) is 18.6 Å². The number of hydrogen-bond acceptors (Lipinski definition) is 4. The van der Waals surface area contributed by atoms with Crippen LogP contribution in [0.25, 0.3) is 11.3 Å². The van der Waals surface area contributed by atoms with Crippen molar-refractivity contribution in [2.75, 3.05) is 0 Å². The third-order valence-corrected chi connectivity index (χ3v) is 6.76. The lowest BCUT2D eigenvalue weighted by molar-refractivity contribution is 0.352. The van der Waals surface area contributed by atoms with Crippen molar-refractivity contribution in [1.82, 2.24) is 20.2 Å². The third-order valence-electron chi connectivity index (χ3n) is 5.86. The highest BCUT2D eigenvalue weighted by Gasteiger charge is 2.19. The fourth-order valence-electron chi connectivity index (χ4n) is 4.18. The maximum absolute atomic E-state index is 13.5. The Morgan fingerprint density at radius 2 is 1.94 bits per heavy atom. The van der Waals surface area contributed by atoms with Gasteiger partial charge in [-0.25, -0.2) is 13.8 Å². The van der Waals surface area contributed by atoms with Gasteiger partial charge in [0.1, 0.15) is 0 Å². The predicted octanol–water partition coefficient (Wildman–Crippen LogP) is 5.42. The van der Waals surface area contributed by atoms with Crippen LogP contribution >= 0.6 is 11.8 Å². The van der Waals surface area contributed by atoms with E-state index in [0.29, 0.717) is 34.5 Å². The van der Waals surface area contributed by atoms with Crippen molar-refractivity contribution >= 4 is 11.8 Å². The first-order chi connectivity index (χ1) is 15.0. The summed E-state index contributed by atoms with van der Waals surface area (Å²) < 4.78 is 26.6. The molecule has 1 fully saturated rings. The molecule has 0 amide bonds. The smallest absolute Gasteiger partial charge is 0.254 e. The topological polar surface area (TPSA) is 74.4 Å². The van der Waals surface area contributed by atoms with Crippen molar-refractivity contribution < 1.29 is 8.78 Å². The van der Waals surface area contributed by atoms with Gasteiger partial charge in [0, 0.05) is 16.9 Å². The van der Waals surface area contributed by atoms with E-state index in [2.05, 4.69) is 15.2 Å². The number of rotatable bonds is 7. The minimum atomic E-state index is -0.897. The molecular weight excluding hydrogens is 418 g/mol. The van der Waals surface area contributed by atoms with Gasteiger partial charge in [-0.2, -0.15) is 5.10 Å². The Kier molecular flexibility index (Phi) is 6.85. The number of aromatic amines is 2. The lowest BCUT2D eigenvalue weighted by atomic mass is 9.85. The molecule has 164 valence electrons. The fraction of sp³-hybridized carbons (Fsp3) is 0.435. The van der Waals surface area contributed by atoms with Crippen LogP contribution < -0.4 is 5.56 Å². The fourth-order valence-corrected chi connectivity index (χ4v) is 4.95. The zero-order valence-corrected chi connectivity index (χ0v) is 18.3. The quantitative estimate of drug-likeness (QED) is 0.377. The molecule has 1 aromatic carbocycles. The average Bonchev–Trinajstić information content (AvgIpc) is 3.24. The van der Waals surface area contributed by atoms with Crippen molar-refractivity contribution in [2.24, 2.45) is 5.92 Å². The van der Waals surface area contributed by atoms with Gasteiger partial charge in [0.05, 0.1) is 17.1 Å². The van der Waals surface area contributed by atoms with Gasteiger partial charge < -0.3 is 4.98 Å². The van der Waals surface area contributed by atoms with Crippen molar-refractivity contribution in [2.45, 2.75) is 62.8 Å². The maximum atomic E-state index is 13.5. The van der Waals surface area contributed by atoms with Gasteiger partial charge >= 0.3 is 0 Å². The summed E-state index contributed by atoms with van der Waals surface area (Å²) in [6, 6.07) is 5.53. The summed E-state index contributed by atoms with van der Waals surface area (Å²) in [5, 5.41) is 7.69. The molecule has 2 aromatic heterocycles. The molecule has 8 heteroatoms. The summed E-state index contributed by atoms with van der Waals surface area (Å²) in [7, 11) is 0. The summed E-state index contributed by atoms with van der Waals surface area (Å²) in [5.41, 5.74) is 3.52. The summed E-state index contributed by atoms with van der Waals surface area (Å²) in [4.78, 5) is 20.3. The Morgan fingerprint density at radius 1 is 1.13 bits per heavy atom. The first-order valence-corrected chi connectivity index (χ1v) is 11.8. The average molecular weight is 445 g/mol. The Hall–Kier alpha value is -2.48. The Morgan fingerprint density at radius 3 is 2.68 bits per heavy atom. The Balaban J connectivity index is 1.47. The van der Waals surface area contributed by atoms with Gasteiger partial charge in [-0.3, -0.25) is 9.89 Å².